The Bertz CT molecular complexity index is 609. The molecule has 3 N–H and O–H groups in total. The van der Waals surface area contributed by atoms with Crippen LogP contribution in [-0.4, -0.2) is 17.5 Å². The highest BCUT2D eigenvalue weighted by molar-refractivity contribution is 6.04. The zero-order valence-corrected chi connectivity index (χ0v) is 12.2. The Balaban J connectivity index is 2.05. The summed E-state index contributed by atoms with van der Waals surface area (Å²) in [6.07, 6.45) is 1.52. The minimum atomic E-state index is -0.212. The molecular weight excluding hydrogens is 266 g/mol. The lowest BCUT2D eigenvalue weighted by molar-refractivity contribution is 0.102. The predicted octanol–water partition coefficient (Wildman–Crippen LogP) is 2.95. The van der Waals surface area contributed by atoms with Crippen LogP contribution in [0.15, 0.2) is 42.6 Å². The van der Waals surface area contributed by atoms with Crippen molar-refractivity contribution in [1.29, 1.82) is 0 Å². The van der Waals surface area contributed by atoms with E-state index in [9.17, 15) is 4.79 Å². The van der Waals surface area contributed by atoms with E-state index in [1.807, 2.05) is 6.07 Å². The summed E-state index contributed by atoms with van der Waals surface area (Å²) in [7, 11) is 0. The summed E-state index contributed by atoms with van der Waals surface area (Å²) in [6, 6.07) is 10.4. The molecule has 0 spiro atoms. The molecule has 0 radical (unpaired) electrons. The maximum atomic E-state index is 12.2. The van der Waals surface area contributed by atoms with Crippen LogP contribution in [0.4, 0.5) is 11.5 Å². The molecule has 1 aromatic heterocycles. The van der Waals surface area contributed by atoms with Gasteiger partial charge in [0, 0.05) is 5.56 Å². The van der Waals surface area contributed by atoms with Crippen LogP contribution >= 0.6 is 0 Å². The van der Waals surface area contributed by atoms with Crippen LogP contribution in [0.25, 0.3) is 0 Å². The van der Waals surface area contributed by atoms with Crippen molar-refractivity contribution in [3.8, 4) is 5.75 Å². The monoisotopic (exact) mass is 285 g/mol. The molecule has 0 saturated carbocycles. The Morgan fingerprint density at radius 2 is 2.14 bits per heavy atom. The Morgan fingerprint density at radius 1 is 1.33 bits per heavy atom. The van der Waals surface area contributed by atoms with Gasteiger partial charge in [0.25, 0.3) is 5.91 Å². The van der Waals surface area contributed by atoms with Crippen molar-refractivity contribution < 1.29 is 9.53 Å². The Labute approximate surface area is 124 Å². The standard InChI is InChI=1S/C16H19N3O2/c1-11(2)10-21-14-5-3-4-12(8-14)16(20)19-13-6-7-15(17)18-9-13/h3-9,11H,10H2,1-2H3,(H2,17,18)(H,19,20). The number of hydrogen-bond acceptors (Lipinski definition) is 4. The number of nitrogens with one attached hydrogen (secondary N) is 1. The number of nitrogen functional groups attached to an aromatic ring is 1. The van der Waals surface area contributed by atoms with Crippen molar-refractivity contribution in [2.45, 2.75) is 13.8 Å². The number of rotatable bonds is 5. The van der Waals surface area contributed by atoms with Gasteiger partial charge in [0.15, 0.2) is 0 Å². The van der Waals surface area contributed by atoms with Gasteiger partial charge in [-0.1, -0.05) is 19.9 Å². The minimum Gasteiger partial charge on any atom is -0.493 e. The summed E-state index contributed by atoms with van der Waals surface area (Å²) in [5.41, 5.74) is 6.64. The van der Waals surface area contributed by atoms with Crippen LogP contribution in [0, 0.1) is 5.92 Å². The lowest BCUT2D eigenvalue weighted by atomic mass is 10.2. The highest BCUT2D eigenvalue weighted by atomic mass is 16.5. The predicted molar refractivity (Wildman–Crippen MR) is 83.4 cm³/mol. The number of carbonyl (C=O) groups excluding carboxylic acids is 1. The number of benzene rings is 1. The van der Waals surface area contributed by atoms with Gasteiger partial charge in [0.05, 0.1) is 18.5 Å². The minimum absolute atomic E-state index is 0.212. The maximum absolute atomic E-state index is 12.2. The Kier molecular flexibility index (Phi) is 4.77. The van der Waals surface area contributed by atoms with E-state index in [0.717, 1.165) is 0 Å². The fourth-order valence-corrected chi connectivity index (χ4v) is 1.67. The highest BCUT2D eigenvalue weighted by Gasteiger charge is 2.08. The number of nitrogens with two attached hydrogens (primary N) is 1. The topological polar surface area (TPSA) is 77.2 Å². The number of aromatic nitrogens is 1. The van der Waals surface area contributed by atoms with Gasteiger partial charge in [-0.2, -0.15) is 0 Å². The second-order valence-electron chi connectivity index (χ2n) is 5.16. The van der Waals surface area contributed by atoms with Crippen molar-refractivity contribution in [2.24, 2.45) is 5.92 Å². The van der Waals surface area contributed by atoms with E-state index in [4.69, 9.17) is 10.5 Å². The average molecular weight is 285 g/mol. The van der Waals surface area contributed by atoms with Crippen LogP contribution < -0.4 is 15.8 Å². The first-order chi connectivity index (χ1) is 10.0. The second-order valence-corrected chi connectivity index (χ2v) is 5.16. The Hall–Kier alpha value is -2.56. The van der Waals surface area contributed by atoms with E-state index >= 15 is 0 Å². The zero-order valence-electron chi connectivity index (χ0n) is 12.2. The third kappa shape index (κ3) is 4.49. The van der Waals surface area contributed by atoms with Crippen molar-refractivity contribution in [3.05, 3.63) is 48.2 Å². The lowest BCUT2D eigenvalue weighted by Crippen LogP contribution is -2.12. The van der Waals surface area contributed by atoms with Gasteiger partial charge in [-0.3, -0.25) is 4.79 Å². The van der Waals surface area contributed by atoms with Crippen LogP contribution in [0.5, 0.6) is 5.75 Å². The number of anilines is 2. The summed E-state index contributed by atoms with van der Waals surface area (Å²) in [5.74, 6) is 1.32. The van der Waals surface area contributed by atoms with E-state index in [1.165, 1.54) is 6.20 Å². The normalized spacial score (nSPS) is 10.4. The summed E-state index contributed by atoms with van der Waals surface area (Å²) >= 11 is 0. The SMILES string of the molecule is CC(C)COc1cccc(C(=O)Nc2ccc(N)nc2)c1. The summed E-state index contributed by atoms with van der Waals surface area (Å²) in [4.78, 5) is 16.1. The number of amides is 1. The van der Waals surface area contributed by atoms with Gasteiger partial charge in [-0.15, -0.1) is 0 Å². The quantitative estimate of drug-likeness (QED) is 0.885. The molecule has 0 atom stereocenters. The van der Waals surface area contributed by atoms with E-state index in [-0.39, 0.29) is 5.91 Å². The molecule has 0 aliphatic rings. The number of hydrogen-bond donors (Lipinski definition) is 2. The second kappa shape index (κ2) is 6.74. The zero-order chi connectivity index (χ0) is 15.2. The largest absolute Gasteiger partial charge is 0.493 e. The molecular formula is C16H19N3O2. The number of carbonyl (C=O) groups is 1. The molecule has 1 amide bonds. The van der Waals surface area contributed by atoms with E-state index in [1.54, 1.807) is 30.3 Å². The van der Waals surface area contributed by atoms with E-state index < -0.39 is 0 Å². The molecule has 1 heterocycles. The number of ether oxygens (including phenoxy) is 1. The molecule has 0 aliphatic carbocycles. The molecule has 5 heteroatoms. The smallest absolute Gasteiger partial charge is 0.255 e. The van der Waals surface area contributed by atoms with Gasteiger partial charge in [-0.25, -0.2) is 4.98 Å². The summed E-state index contributed by atoms with van der Waals surface area (Å²) < 4.78 is 5.62. The molecule has 0 saturated heterocycles. The molecule has 1 aromatic carbocycles. The fourth-order valence-electron chi connectivity index (χ4n) is 1.67. The maximum Gasteiger partial charge on any atom is 0.255 e. The molecule has 2 aromatic rings. The van der Waals surface area contributed by atoms with E-state index in [2.05, 4.69) is 24.1 Å². The van der Waals surface area contributed by atoms with Crippen LogP contribution in [0.1, 0.15) is 24.2 Å². The molecule has 0 aliphatic heterocycles. The number of nitrogens with zero attached hydrogens (tertiary/aromatic N) is 1. The van der Waals surface area contributed by atoms with Gasteiger partial charge >= 0.3 is 0 Å². The van der Waals surface area contributed by atoms with Crippen LogP contribution in [-0.2, 0) is 0 Å². The Morgan fingerprint density at radius 3 is 2.81 bits per heavy atom. The average Bonchev–Trinajstić information content (AvgIpc) is 2.48. The third-order valence-corrected chi connectivity index (χ3v) is 2.72. The van der Waals surface area contributed by atoms with Crippen molar-refractivity contribution in [2.75, 3.05) is 17.7 Å². The molecule has 0 unspecified atom stereocenters. The van der Waals surface area contributed by atoms with Gasteiger partial charge in [0.1, 0.15) is 11.6 Å². The first-order valence-electron chi connectivity index (χ1n) is 6.80. The number of pyridine rings is 1. The molecule has 2 rings (SSSR count). The molecule has 21 heavy (non-hydrogen) atoms. The van der Waals surface area contributed by atoms with Crippen molar-refractivity contribution in [3.63, 3.8) is 0 Å². The van der Waals surface area contributed by atoms with Gasteiger partial charge < -0.3 is 15.8 Å². The van der Waals surface area contributed by atoms with Crippen LogP contribution in [0.2, 0.25) is 0 Å². The summed E-state index contributed by atoms with van der Waals surface area (Å²) in [6.45, 7) is 4.77. The summed E-state index contributed by atoms with van der Waals surface area (Å²) in [5, 5.41) is 2.76. The first-order valence-corrected chi connectivity index (χ1v) is 6.80. The van der Waals surface area contributed by atoms with Crippen molar-refractivity contribution >= 4 is 17.4 Å². The molecule has 0 bridgehead atoms. The molecule has 5 nitrogen and oxygen atoms in total. The van der Waals surface area contributed by atoms with E-state index in [0.29, 0.717) is 35.3 Å². The lowest BCUT2D eigenvalue weighted by Gasteiger charge is -2.10. The van der Waals surface area contributed by atoms with Gasteiger partial charge in [0.2, 0.25) is 0 Å². The van der Waals surface area contributed by atoms with Gasteiger partial charge in [-0.05, 0) is 36.2 Å². The van der Waals surface area contributed by atoms with Crippen LogP contribution in [0.3, 0.4) is 0 Å². The highest BCUT2D eigenvalue weighted by Crippen LogP contribution is 2.16. The molecule has 0 fully saturated rings. The fraction of sp³-hybridized carbons (Fsp3) is 0.250. The third-order valence-electron chi connectivity index (χ3n) is 2.72. The first kappa shape index (κ1) is 14.8. The molecule has 110 valence electrons. The van der Waals surface area contributed by atoms with Crippen molar-refractivity contribution in [1.82, 2.24) is 4.98 Å².